The van der Waals surface area contributed by atoms with Crippen LogP contribution >= 0.6 is 0 Å². The van der Waals surface area contributed by atoms with E-state index < -0.39 is 22.5 Å². The van der Waals surface area contributed by atoms with Gasteiger partial charge in [-0.3, -0.25) is 13.9 Å². The number of ether oxygens (including phenoxy) is 2. The van der Waals surface area contributed by atoms with Crippen LogP contribution in [-0.2, 0) is 30.8 Å². The summed E-state index contributed by atoms with van der Waals surface area (Å²) in [5.41, 5.74) is 2.29. The highest BCUT2D eigenvalue weighted by Crippen LogP contribution is 2.30. The number of carbonyl (C=O) groups excluding carboxylic acids is 2. The van der Waals surface area contributed by atoms with Crippen LogP contribution in [0.2, 0.25) is 0 Å². The largest absolute Gasteiger partial charge is 0.495 e. The van der Waals surface area contributed by atoms with Gasteiger partial charge in [0, 0.05) is 5.69 Å². The van der Waals surface area contributed by atoms with Crippen LogP contribution in [0.4, 0.5) is 11.4 Å². The fourth-order valence-corrected chi connectivity index (χ4v) is 5.09. The average molecular weight is 497 g/mol. The summed E-state index contributed by atoms with van der Waals surface area (Å²) >= 11 is 0. The fourth-order valence-electron chi connectivity index (χ4n) is 3.43. The Bertz CT molecular complexity index is 1270. The van der Waals surface area contributed by atoms with Crippen molar-refractivity contribution < 1.29 is 27.5 Å². The molecule has 0 radical (unpaired) electrons. The second-order valence-corrected chi connectivity index (χ2v) is 9.56. The zero-order valence-electron chi connectivity index (χ0n) is 19.9. The van der Waals surface area contributed by atoms with E-state index in [0.29, 0.717) is 18.0 Å². The Kier molecular flexibility index (Phi) is 8.48. The van der Waals surface area contributed by atoms with Gasteiger partial charge in [-0.05, 0) is 61.4 Å². The molecular formula is C26H28N2O6S. The van der Waals surface area contributed by atoms with Crippen molar-refractivity contribution in [2.75, 3.05) is 29.9 Å². The van der Waals surface area contributed by atoms with Gasteiger partial charge in [-0.15, -0.1) is 0 Å². The first kappa shape index (κ1) is 25.8. The highest BCUT2D eigenvalue weighted by molar-refractivity contribution is 7.93. The van der Waals surface area contributed by atoms with Crippen molar-refractivity contribution in [3.05, 3.63) is 83.9 Å². The molecule has 0 heterocycles. The second kappa shape index (κ2) is 11.5. The van der Waals surface area contributed by atoms with Crippen LogP contribution in [0.25, 0.3) is 0 Å². The predicted molar refractivity (Wildman–Crippen MR) is 134 cm³/mol. The molecule has 1 amide bonds. The number of nitrogens with one attached hydrogen (secondary N) is 1. The van der Waals surface area contributed by atoms with Crippen molar-refractivity contribution in [1.82, 2.24) is 0 Å². The van der Waals surface area contributed by atoms with E-state index in [2.05, 4.69) is 5.32 Å². The Morgan fingerprint density at radius 3 is 2.29 bits per heavy atom. The van der Waals surface area contributed by atoms with E-state index in [1.807, 2.05) is 0 Å². The Labute approximate surface area is 205 Å². The molecule has 0 unspecified atom stereocenters. The molecule has 3 aromatic carbocycles. The van der Waals surface area contributed by atoms with E-state index in [9.17, 15) is 18.0 Å². The predicted octanol–water partition coefficient (Wildman–Crippen LogP) is 3.94. The molecule has 0 bridgehead atoms. The number of para-hydroxylation sites is 1. The van der Waals surface area contributed by atoms with Crippen LogP contribution < -0.4 is 14.4 Å². The summed E-state index contributed by atoms with van der Waals surface area (Å²) in [7, 11) is -2.74. The van der Waals surface area contributed by atoms with E-state index in [1.54, 1.807) is 80.6 Å². The lowest BCUT2D eigenvalue weighted by molar-refractivity contribution is -0.142. The number of hydrogen-bond acceptors (Lipinski definition) is 6. The summed E-state index contributed by atoms with van der Waals surface area (Å²) in [6, 6.07) is 20.0. The van der Waals surface area contributed by atoms with Crippen LogP contribution in [-0.4, -0.2) is 40.6 Å². The Hall–Kier alpha value is -3.85. The third-order valence-electron chi connectivity index (χ3n) is 5.11. The Balaban J connectivity index is 1.84. The fraction of sp³-hybridized carbons (Fsp3) is 0.231. The molecule has 0 saturated heterocycles. The number of anilines is 2. The standard InChI is InChI=1S/C26H28N2O6S/c1-4-34-26(30)17-20-11-13-21(14-12-20)27-25(29)18-28(22-8-6-5-7-9-22)35(31,32)24-16-19(2)10-15-23(24)33-3/h5-16H,4,17-18H2,1-3H3,(H,27,29). The first-order valence-corrected chi connectivity index (χ1v) is 12.5. The van der Waals surface area contributed by atoms with Crippen LogP contribution in [0, 0.1) is 6.92 Å². The number of benzene rings is 3. The molecule has 184 valence electrons. The van der Waals surface area contributed by atoms with Crippen molar-refractivity contribution in [3.63, 3.8) is 0 Å². The number of nitrogens with zero attached hydrogens (tertiary/aromatic N) is 1. The zero-order valence-corrected chi connectivity index (χ0v) is 20.7. The number of amides is 1. The Morgan fingerprint density at radius 1 is 0.971 bits per heavy atom. The lowest BCUT2D eigenvalue weighted by atomic mass is 10.1. The summed E-state index contributed by atoms with van der Waals surface area (Å²) in [5.74, 6) is -0.670. The second-order valence-electron chi connectivity index (χ2n) is 7.73. The van der Waals surface area contributed by atoms with Gasteiger partial charge in [0.15, 0.2) is 0 Å². The topological polar surface area (TPSA) is 102 Å². The van der Waals surface area contributed by atoms with Gasteiger partial charge in [-0.25, -0.2) is 8.42 Å². The highest BCUT2D eigenvalue weighted by atomic mass is 32.2. The number of rotatable bonds is 10. The molecule has 1 N–H and O–H groups in total. The number of hydrogen-bond donors (Lipinski definition) is 1. The normalized spacial score (nSPS) is 10.9. The van der Waals surface area contributed by atoms with Gasteiger partial charge in [0.25, 0.3) is 10.0 Å². The van der Waals surface area contributed by atoms with Gasteiger partial charge < -0.3 is 14.8 Å². The van der Waals surface area contributed by atoms with Gasteiger partial charge in [0.2, 0.25) is 5.91 Å². The molecule has 9 heteroatoms. The average Bonchev–Trinajstić information content (AvgIpc) is 2.84. The van der Waals surface area contributed by atoms with E-state index in [-0.39, 0.29) is 23.0 Å². The van der Waals surface area contributed by atoms with Crippen LogP contribution in [0.1, 0.15) is 18.1 Å². The van der Waals surface area contributed by atoms with E-state index in [1.165, 1.54) is 13.2 Å². The van der Waals surface area contributed by atoms with E-state index >= 15 is 0 Å². The maximum atomic E-state index is 13.7. The molecule has 0 atom stereocenters. The molecule has 0 spiro atoms. The van der Waals surface area contributed by atoms with Gasteiger partial charge in [-0.1, -0.05) is 36.4 Å². The van der Waals surface area contributed by atoms with Crippen LogP contribution in [0.15, 0.2) is 77.7 Å². The molecule has 8 nitrogen and oxygen atoms in total. The smallest absolute Gasteiger partial charge is 0.310 e. The number of aryl methyl sites for hydroxylation is 1. The van der Waals surface area contributed by atoms with Crippen molar-refractivity contribution in [2.24, 2.45) is 0 Å². The van der Waals surface area contributed by atoms with Crippen LogP contribution in [0.5, 0.6) is 5.75 Å². The summed E-state index contributed by atoms with van der Waals surface area (Å²) in [4.78, 5) is 24.5. The minimum absolute atomic E-state index is 0.0278. The summed E-state index contributed by atoms with van der Waals surface area (Å²) in [5, 5.41) is 2.72. The van der Waals surface area contributed by atoms with Gasteiger partial charge in [-0.2, -0.15) is 0 Å². The maximum Gasteiger partial charge on any atom is 0.310 e. The van der Waals surface area contributed by atoms with E-state index in [4.69, 9.17) is 9.47 Å². The molecule has 3 rings (SSSR count). The lowest BCUT2D eigenvalue weighted by Crippen LogP contribution is -2.38. The molecule has 0 aliphatic carbocycles. The molecule has 3 aromatic rings. The minimum Gasteiger partial charge on any atom is -0.495 e. The first-order chi connectivity index (χ1) is 16.7. The lowest BCUT2D eigenvalue weighted by Gasteiger charge is -2.25. The minimum atomic E-state index is -4.14. The van der Waals surface area contributed by atoms with Crippen molar-refractivity contribution >= 4 is 33.3 Å². The number of carbonyl (C=O) groups is 2. The monoisotopic (exact) mass is 496 g/mol. The van der Waals surface area contributed by atoms with Crippen molar-refractivity contribution in [3.8, 4) is 5.75 Å². The third kappa shape index (κ3) is 6.60. The molecule has 0 saturated carbocycles. The van der Waals surface area contributed by atoms with E-state index in [0.717, 1.165) is 15.4 Å². The van der Waals surface area contributed by atoms with Gasteiger partial charge >= 0.3 is 5.97 Å². The molecule has 0 aliphatic heterocycles. The maximum absolute atomic E-state index is 13.7. The van der Waals surface area contributed by atoms with Crippen LogP contribution in [0.3, 0.4) is 0 Å². The molecular weight excluding hydrogens is 468 g/mol. The number of methoxy groups -OCH3 is 1. The molecule has 0 fully saturated rings. The van der Waals surface area contributed by atoms with Crippen molar-refractivity contribution in [2.45, 2.75) is 25.2 Å². The molecule has 0 aliphatic rings. The Morgan fingerprint density at radius 2 is 1.66 bits per heavy atom. The third-order valence-corrected chi connectivity index (χ3v) is 6.91. The quantitative estimate of drug-likeness (QED) is 0.427. The number of sulfonamides is 1. The number of esters is 1. The summed E-state index contributed by atoms with van der Waals surface area (Å²) in [6.45, 7) is 3.38. The van der Waals surface area contributed by atoms with Crippen molar-refractivity contribution in [1.29, 1.82) is 0 Å². The molecule has 35 heavy (non-hydrogen) atoms. The highest BCUT2D eigenvalue weighted by Gasteiger charge is 2.30. The summed E-state index contributed by atoms with van der Waals surface area (Å²) in [6.07, 6.45) is 0.125. The first-order valence-electron chi connectivity index (χ1n) is 11.0. The summed E-state index contributed by atoms with van der Waals surface area (Å²) < 4.78 is 38.6. The van der Waals surface area contributed by atoms with Gasteiger partial charge in [0.05, 0.1) is 25.8 Å². The zero-order chi connectivity index (χ0) is 25.4. The van der Waals surface area contributed by atoms with Gasteiger partial charge in [0.1, 0.15) is 17.2 Å². The SMILES string of the molecule is CCOC(=O)Cc1ccc(NC(=O)CN(c2ccccc2)S(=O)(=O)c2cc(C)ccc2OC)cc1. The molecule has 0 aromatic heterocycles.